The largest absolute Gasteiger partial charge is 0 e. The van der Waals surface area contributed by atoms with Gasteiger partial charge in [0.25, 0.3) is 0 Å². The van der Waals surface area contributed by atoms with Gasteiger partial charge in [0.05, 0.1) is 0 Å². The van der Waals surface area contributed by atoms with Crippen LogP contribution in [0.2, 0.25) is 0 Å². The van der Waals surface area contributed by atoms with E-state index in [1.807, 2.05) is 0 Å². The van der Waals surface area contributed by atoms with Crippen LogP contribution in [0.15, 0.2) is 0 Å². The minimum atomic E-state index is 0. The van der Waals surface area contributed by atoms with Crippen molar-refractivity contribution < 1.29 is 97.7 Å². The molecule has 0 aromatic carbocycles. The summed E-state index contributed by atoms with van der Waals surface area (Å²) in [6.07, 6.45) is 0. The van der Waals surface area contributed by atoms with E-state index in [9.17, 15) is 0 Å². The average molecular weight is 552 g/mol. The molecule has 0 aromatic heterocycles. The van der Waals surface area contributed by atoms with E-state index in [0.717, 1.165) is 0 Å². The number of hydrogen-bond donors (Lipinski definition) is 0. The van der Waals surface area contributed by atoms with Crippen molar-refractivity contribution in [2.75, 3.05) is 0 Å². The summed E-state index contributed by atoms with van der Waals surface area (Å²) in [6.45, 7) is 0. The van der Waals surface area contributed by atoms with E-state index in [0.29, 0.717) is 0 Å². The van der Waals surface area contributed by atoms with Gasteiger partial charge in [-0.2, -0.15) is 0 Å². The third kappa shape index (κ3) is 24.5. The van der Waals surface area contributed by atoms with E-state index >= 15 is 0 Å². The third-order valence-electron chi connectivity index (χ3n) is 0. The van der Waals surface area contributed by atoms with Gasteiger partial charge in [-0.05, 0) is 0 Å². The van der Waals surface area contributed by atoms with Gasteiger partial charge in [-0.1, -0.05) is 0 Å². The van der Waals surface area contributed by atoms with Gasteiger partial charge in [-0.3, -0.25) is 0 Å². The minimum absolute atomic E-state index is 0. The molecule has 0 amide bonds. The van der Waals surface area contributed by atoms with Gasteiger partial charge >= 0.3 is 0 Å². The Kier molecular flexibility index (Phi) is 303. The molecule has 0 spiro atoms. The predicted octanol–water partition coefficient (Wildman–Crippen LogP) is -0.393. The van der Waals surface area contributed by atoms with Gasteiger partial charge in [0.1, 0.15) is 0 Å². The number of hydrogen-bond acceptors (Lipinski definition) is 0. The Labute approximate surface area is 122 Å². The van der Waals surface area contributed by atoms with E-state index in [1.54, 1.807) is 0 Å². The van der Waals surface area contributed by atoms with Crippen LogP contribution in [0, 0.1) is 0 Å². The van der Waals surface area contributed by atoms with Crippen molar-refractivity contribution >= 4 is 27.3 Å². The quantitative estimate of drug-likeness (QED) is 0.360. The van der Waals surface area contributed by atoms with Crippen LogP contribution in [0.1, 0.15) is 0 Å². The van der Waals surface area contributed by atoms with Gasteiger partial charge < -0.3 is 0 Å². The topological polar surface area (TPSA) is 0 Å². The fourth-order valence-electron chi connectivity index (χ4n) is 0. The van der Waals surface area contributed by atoms with Gasteiger partial charge in [-0.15, -0.1) is 0 Å². The maximum Gasteiger partial charge on any atom is 0 e. The SMILES string of the molecule is [Cd].[Cr].[Fe].[Ni].[Pb].[Zn]. The molecule has 4 radical (unpaired) electrons. The maximum atomic E-state index is 0. The zero-order valence-electron chi connectivity index (χ0n) is 2.99. The Morgan fingerprint density at radius 1 is 1.00 bits per heavy atom. The summed E-state index contributed by atoms with van der Waals surface area (Å²) in [5.41, 5.74) is 0. The summed E-state index contributed by atoms with van der Waals surface area (Å²) in [4.78, 5) is 0. The molecule has 0 rings (SSSR count). The Morgan fingerprint density at radius 2 is 1.00 bits per heavy atom. The van der Waals surface area contributed by atoms with Crippen LogP contribution in [-0.4, -0.2) is 27.3 Å². The summed E-state index contributed by atoms with van der Waals surface area (Å²) in [7, 11) is 0. The Morgan fingerprint density at radius 3 is 1.00 bits per heavy atom. The van der Waals surface area contributed by atoms with Crippen molar-refractivity contribution in [3.8, 4) is 0 Å². The molecule has 6 heteroatoms. The molecule has 0 N–H and O–H groups in total. The second kappa shape index (κ2) is 35.9. The first-order valence-corrected chi connectivity index (χ1v) is 0. The molecule has 0 saturated carbocycles. The molecule has 0 aliphatic carbocycles. The van der Waals surface area contributed by atoms with Crippen LogP contribution in [0.5, 0.6) is 0 Å². The van der Waals surface area contributed by atoms with E-state index in [2.05, 4.69) is 0 Å². The van der Waals surface area contributed by atoms with E-state index < -0.39 is 0 Å². The Hall–Kier alpha value is 4.01. The molecule has 0 heterocycles. The van der Waals surface area contributed by atoms with Crippen molar-refractivity contribution in [3.05, 3.63) is 0 Å². The van der Waals surface area contributed by atoms with Crippen molar-refractivity contribution in [3.63, 3.8) is 0 Å². The zero-order valence-corrected chi connectivity index (χ0v) is 17.2. The first-order valence-electron chi connectivity index (χ1n) is 0. The van der Waals surface area contributed by atoms with Crippen molar-refractivity contribution in [1.82, 2.24) is 0 Å². The van der Waals surface area contributed by atoms with Crippen molar-refractivity contribution in [2.24, 2.45) is 0 Å². The first kappa shape index (κ1) is 50.5. The normalized spacial score (nSPS) is 0. The fraction of sp³-hybridized carbons (Fsp3) is 0. The molecule has 0 bridgehead atoms. The second-order valence-corrected chi connectivity index (χ2v) is 0. The maximum absolute atomic E-state index is 0. The monoisotopic (exact) mass is 552 g/mol. The zero-order chi connectivity index (χ0) is 0. The van der Waals surface area contributed by atoms with Crippen LogP contribution in [0.4, 0.5) is 0 Å². The summed E-state index contributed by atoms with van der Waals surface area (Å²) in [6, 6.07) is 0. The fourth-order valence-corrected chi connectivity index (χ4v) is 0. The molecule has 0 aliphatic rings. The van der Waals surface area contributed by atoms with Gasteiger partial charge in [0.15, 0.2) is 0 Å². The number of rotatable bonds is 0. The second-order valence-electron chi connectivity index (χ2n) is 0. The predicted molar refractivity (Wildman–Crippen MR) is 5.75 cm³/mol. The van der Waals surface area contributed by atoms with Crippen LogP contribution in [0.25, 0.3) is 0 Å². The molecule has 0 nitrogen and oxygen atoms in total. The van der Waals surface area contributed by atoms with Crippen LogP contribution >= 0.6 is 0 Å². The third-order valence-corrected chi connectivity index (χ3v) is 0. The summed E-state index contributed by atoms with van der Waals surface area (Å²) in [5, 5.41) is 0. The molecular formula is CdCrFeNiPbZn. The molecule has 0 aromatic rings. The van der Waals surface area contributed by atoms with Crippen molar-refractivity contribution in [2.45, 2.75) is 0 Å². The van der Waals surface area contributed by atoms with E-state index in [4.69, 9.17) is 0 Å². The standard InChI is InChI=1S/Cd.Cr.Fe.Ni.Pb.Zn. The minimum Gasteiger partial charge on any atom is 0 e. The summed E-state index contributed by atoms with van der Waals surface area (Å²) >= 11 is 0. The van der Waals surface area contributed by atoms with Gasteiger partial charge in [-0.25, -0.2) is 0 Å². The first-order chi connectivity index (χ1) is 0. The van der Waals surface area contributed by atoms with Gasteiger partial charge in [0, 0.05) is 125 Å². The molecule has 0 aliphatic heterocycles. The molecule has 6 heavy (non-hydrogen) atoms. The Balaban J connectivity index is 0. The van der Waals surface area contributed by atoms with Crippen LogP contribution in [-0.2, 0) is 97.7 Å². The summed E-state index contributed by atoms with van der Waals surface area (Å²) < 4.78 is 0. The smallest absolute Gasteiger partial charge is 0 e. The molecule has 0 saturated heterocycles. The summed E-state index contributed by atoms with van der Waals surface area (Å²) in [5.74, 6) is 0. The van der Waals surface area contributed by atoms with Gasteiger partial charge in [0.2, 0.25) is 0 Å². The van der Waals surface area contributed by atoms with Crippen molar-refractivity contribution in [1.29, 1.82) is 0 Å². The Bertz CT molecular complexity index is 15.5. The van der Waals surface area contributed by atoms with E-state index in [1.165, 1.54) is 0 Å². The average Bonchev–Trinajstić information content (AvgIpc) is 0. The van der Waals surface area contributed by atoms with Crippen LogP contribution in [0.3, 0.4) is 0 Å². The molecule has 0 atom stereocenters. The molecule has 32 valence electrons. The molecule has 0 fully saturated rings. The molecule has 0 unspecified atom stereocenters. The van der Waals surface area contributed by atoms with E-state index in [-0.39, 0.29) is 125 Å². The van der Waals surface area contributed by atoms with Crippen LogP contribution < -0.4 is 0 Å². The molecular weight excluding hydrogens is 552 g/mol.